The van der Waals surface area contributed by atoms with Crippen molar-refractivity contribution in [3.8, 4) is 0 Å². The van der Waals surface area contributed by atoms with E-state index in [0.717, 1.165) is 49.8 Å². The van der Waals surface area contributed by atoms with Crippen molar-refractivity contribution >= 4 is 10.1 Å². The van der Waals surface area contributed by atoms with Crippen molar-refractivity contribution in [3.63, 3.8) is 0 Å². The number of hydrogen-bond acceptors (Lipinski definition) is 3. The lowest BCUT2D eigenvalue weighted by Crippen LogP contribution is -2.52. The Balaban J connectivity index is 2.12. The molecule has 1 aliphatic rings. The summed E-state index contributed by atoms with van der Waals surface area (Å²) in [4.78, 5) is 0. The molecule has 1 aliphatic heterocycles. The molecule has 1 fully saturated rings. The summed E-state index contributed by atoms with van der Waals surface area (Å²) >= 11 is 0. The van der Waals surface area contributed by atoms with Crippen LogP contribution in [0.5, 0.6) is 0 Å². The minimum Gasteiger partial charge on any atom is -0.393 e. The fourth-order valence-corrected chi connectivity index (χ4v) is 5.38. The van der Waals surface area contributed by atoms with Crippen LogP contribution < -0.4 is 0 Å². The van der Waals surface area contributed by atoms with Crippen molar-refractivity contribution in [3.05, 3.63) is 0 Å². The zero-order valence-electron chi connectivity index (χ0n) is 19.2. The normalized spacial score (nSPS) is 23.9. The van der Waals surface area contributed by atoms with E-state index in [0.29, 0.717) is 12.8 Å². The SMILES string of the molecule is CCCCCCCCCCCCCCC(CC[N+]1(C)CCC(O)CC1)S(=O)(=O)O. The third kappa shape index (κ3) is 13.0. The van der Waals surface area contributed by atoms with Gasteiger partial charge in [0.15, 0.2) is 0 Å². The summed E-state index contributed by atoms with van der Waals surface area (Å²) in [5.41, 5.74) is 0. The van der Waals surface area contributed by atoms with Gasteiger partial charge < -0.3 is 9.59 Å². The molecule has 29 heavy (non-hydrogen) atoms. The van der Waals surface area contributed by atoms with Crippen LogP contribution in [-0.4, -0.2) is 60.6 Å². The third-order valence-corrected chi connectivity index (χ3v) is 8.11. The molecule has 1 saturated heterocycles. The standard InChI is InChI=1S/C23H47NO4S/c1-3-4-5-6-7-8-9-10-11-12-13-14-15-23(29(26,27)28)18-21-24(2)19-16-22(25)17-20-24/h22-23,25H,3-21H2,1-2H3/p+1. The molecule has 0 aromatic rings. The minimum atomic E-state index is -3.98. The Morgan fingerprint density at radius 1 is 0.828 bits per heavy atom. The van der Waals surface area contributed by atoms with Gasteiger partial charge in [-0.05, 0) is 6.42 Å². The zero-order valence-corrected chi connectivity index (χ0v) is 20.0. The number of aliphatic hydroxyl groups is 1. The number of unbranched alkanes of at least 4 members (excludes halogenated alkanes) is 11. The number of hydrogen-bond donors (Lipinski definition) is 2. The molecule has 5 nitrogen and oxygen atoms in total. The smallest absolute Gasteiger partial charge is 0.267 e. The van der Waals surface area contributed by atoms with E-state index in [-0.39, 0.29) is 6.10 Å². The number of likely N-dealkylation sites (tertiary alicyclic amines) is 1. The molecular weight excluding hydrogens is 386 g/mol. The van der Waals surface area contributed by atoms with Gasteiger partial charge in [0.1, 0.15) is 0 Å². The van der Waals surface area contributed by atoms with Gasteiger partial charge >= 0.3 is 0 Å². The molecule has 2 N–H and O–H groups in total. The van der Waals surface area contributed by atoms with Gasteiger partial charge in [0.2, 0.25) is 0 Å². The van der Waals surface area contributed by atoms with Crippen molar-refractivity contribution < 1.29 is 22.6 Å². The summed E-state index contributed by atoms with van der Waals surface area (Å²) in [5.74, 6) is 0. The van der Waals surface area contributed by atoms with Crippen LogP contribution in [0, 0.1) is 0 Å². The monoisotopic (exact) mass is 434 g/mol. The molecule has 1 unspecified atom stereocenters. The number of rotatable bonds is 17. The van der Waals surface area contributed by atoms with E-state index in [1.165, 1.54) is 64.2 Å². The van der Waals surface area contributed by atoms with Crippen molar-refractivity contribution in [2.45, 2.75) is 121 Å². The first-order valence-electron chi connectivity index (χ1n) is 12.2. The van der Waals surface area contributed by atoms with Crippen molar-refractivity contribution in [1.29, 1.82) is 0 Å². The molecule has 0 radical (unpaired) electrons. The summed E-state index contributed by atoms with van der Waals surface area (Å²) in [6.45, 7) is 4.78. The predicted molar refractivity (Wildman–Crippen MR) is 122 cm³/mol. The summed E-state index contributed by atoms with van der Waals surface area (Å²) in [5, 5.41) is 9.05. The first kappa shape index (κ1) is 26.9. The highest BCUT2D eigenvalue weighted by Gasteiger charge is 2.32. The summed E-state index contributed by atoms with van der Waals surface area (Å²) in [7, 11) is -1.84. The first-order valence-corrected chi connectivity index (χ1v) is 13.7. The van der Waals surface area contributed by atoms with Gasteiger partial charge in [-0.15, -0.1) is 0 Å². The van der Waals surface area contributed by atoms with Gasteiger partial charge in [-0.2, -0.15) is 8.42 Å². The van der Waals surface area contributed by atoms with Gasteiger partial charge in [-0.1, -0.05) is 84.0 Å². The topological polar surface area (TPSA) is 74.6 Å². The lowest BCUT2D eigenvalue weighted by Gasteiger charge is -2.40. The van der Waals surface area contributed by atoms with E-state index in [2.05, 4.69) is 14.0 Å². The molecule has 174 valence electrons. The zero-order chi connectivity index (χ0) is 21.6. The molecule has 0 aromatic carbocycles. The van der Waals surface area contributed by atoms with Crippen LogP contribution in [0.3, 0.4) is 0 Å². The van der Waals surface area contributed by atoms with E-state index < -0.39 is 15.4 Å². The maximum atomic E-state index is 11.8. The second-order valence-corrected chi connectivity index (χ2v) is 11.3. The molecule has 0 aromatic heterocycles. The average molecular weight is 435 g/mol. The lowest BCUT2D eigenvalue weighted by atomic mass is 10.0. The predicted octanol–water partition coefficient (Wildman–Crippen LogP) is 5.33. The highest BCUT2D eigenvalue weighted by atomic mass is 32.2. The first-order chi connectivity index (χ1) is 13.8. The maximum absolute atomic E-state index is 11.8. The molecule has 0 saturated carbocycles. The van der Waals surface area contributed by atoms with Gasteiger partial charge in [0.25, 0.3) is 10.1 Å². The Hall–Kier alpha value is -0.170. The Bertz CT molecular complexity index is 501. The van der Waals surface area contributed by atoms with E-state index in [9.17, 15) is 18.1 Å². The number of quaternary nitrogens is 1. The fourth-order valence-electron chi connectivity index (χ4n) is 4.51. The molecule has 1 heterocycles. The van der Waals surface area contributed by atoms with Crippen LogP contribution in [-0.2, 0) is 10.1 Å². The van der Waals surface area contributed by atoms with Gasteiger partial charge in [-0.25, -0.2) is 0 Å². The lowest BCUT2D eigenvalue weighted by molar-refractivity contribution is -0.915. The largest absolute Gasteiger partial charge is 0.393 e. The quantitative estimate of drug-likeness (QED) is 0.184. The highest BCUT2D eigenvalue weighted by molar-refractivity contribution is 7.86. The Morgan fingerprint density at radius 3 is 1.72 bits per heavy atom. The molecule has 0 spiro atoms. The molecule has 0 amide bonds. The second kappa shape index (κ2) is 14.8. The average Bonchev–Trinajstić information content (AvgIpc) is 2.66. The van der Waals surface area contributed by atoms with Gasteiger partial charge in [0, 0.05) is 19.3 Å². The fraction of sp³-hybridized carbons (Fsp3) is 1.00. The Labute approximate surface area is 180 Å². The number of piperidine rings is 1. The maximum Gasteiger partial charge on any atom is 0.267 e. The third-order valence-electron chi connectivity index (χ3n) is 6.80. The van der Waals surface area contributed by atoms with E-state index in [1.807, 2.05) is 0 Å². The number of nitrogens with zero attached hydrogens (tertiary/aromatic N) is 1. The van der Waals surface area contributed by atoms with Crippen LogP contribution in [0.25, 0.3) is 0 Å². The van der Waals surface area contributed by atoms with Crippen molar-refractivity contribution in [2.24, 2.45) is 0 Å². The Kier molecular flexibility index (Phi) is 13.7. The summed E-state index contributed by atoms with van der Waals surface area (Å²) in [6.07, 6.45) is 17.5. The van der Waals surface area contributed by atoms with E-state index >= 15 is 0 Å². The molecule has 0 aliphatic carbocycles. The van der Waals surface area contributed by atoms with Crippen LogP contribution >= 0.6 is 0 Å². The summed E-state index contributed by atoms with van der Waals surface area (Å²) in [6, 6.07) is 0. The van der Waals surface area contributed by atoms with Crippen molar-refractivity contribution in [2.75, 3.05) is 26.7 Å². The number of aliphatic hydroxyl groups excluding tert-OH is 1. The van der Waals surface area contributed by atoms with Crippen LogP contribution in [0.2, 0.25) is 0 Å². The van der Waals surface area contributed by atoms with Crippen LogP contribution in [0.1, 0.15) is 110 Å². The van der Waals surface area contributed by atoms with E-state index in [4.69, 9.17) is 0 Å². The van der Waals surface area contributed by atoms with Gasteiger partial charge in [-0.3, -0.25) is 4.55 Å². The minimum absolute atomic E-state index is 0.209. The van der Waals surface area contributed by atoms with Crippen LogP contribution in [0.4, 0.5) is 0 Å². The molecule has 6 heteroatoms. The molecule has 1 atom stereocenters. The second-order valence-electron chi connectivity index (χ2n) is 9.62. The van der Waals surface area contributed by atoms with Gasteiger partial charge in [0.05, 0.1) is 38.0 Å². The highest BCUT2D eigenvalue weighted by Crippen LogP contribution is 2.22. The molecule has 0 bridgehead atoms. The Morgan fingerprint density at radius 2 is 1.28 bits per heavy atom. The van der Waals surface area contributed by atoms with Crippen LogP contribution in [0.15, 0.2) is 0 Å². The van der Waals surface area contributed by atoms with E-state index in [1.54, 1.807) is 0 Å². The van der Waals surface area contributed by atoms with Crippen molar-refractivity contribution in [1.82, 2.24) is 0 Å². The summed E-state index contributed by atoms with van der Waals surface area (Å²) < 4.78 is 34.0. The molecular formula is C23H48NO4S+. The molecule has 1 rings (SSSR count).